The van der Waals surface area contributed by atoms with Crippen LogP contribution in [-0.4, -0.2) is 34.5 Å². The van der Waals surface area contributed by atoms with E-state index in [4.69, 9.17) is 4.74 Å². The van der Waals surface area contributed by atoms with Gasteiger partial charge in [-0.3, -0.25) is 0 Å². The van der Waals surface area contributed by atoms with Crippen molar-refractivity contribution < 1.29 is 19.7 Å². The van der Waals surface area contributed by atoms with E-state index in [0.29, 0.717) is 18.9 Å². The van der Waals surface area contributed by atoms with E-state index in [9.17, 15) is 15.0 Å². The van der Waals surface area contributed by atoms with Crippen molar-refractivity contribution in [2.24, 2.45) is 28.6 Å². The zero-order valence-electron chi connectivity index (χ0n) is 16.5. The molecule has 26 heavy (non-hydrogen) atoms. The minimum Gasteiger partial charge on any atom is -0.464 e. The molecule has 3 fully saturated rings. The van der Waals surface area contributed by atoms with Crippen LogP contribution in [0.15, 0.2) is 11.6 Å². The third-order valence-corrected chi connectivity index (χ3v) is 8.81. The summed E-state index contributed by atoms with van der Waals surface area (Å²) in [6.07, 6.45) is 9.57. The Labute approximate surface area is 157 Å². The molecule has 3 saturated carbocycles. The summed E-state index contributed by atoms with van der Waals surface area (Å²) in [5.74, 6) is 0.306. The van der Waals surface area contributed by atoms with E-state index in [2.05, 4.69) is 19.9 Å². The number of fused-ring (bicyclic) bond motifs is 5. The van der Waals surface area contributed by atoms with Crippen molar-refractivity contribution in [2.75, 3.05) is 6.61 Å². The van der Waals surface area contributed by atoms with Crippen LogP contribution in [0.5, 0.6) is 0 Å². The maximum absolute atomic E-state index is 12.6. The van der Waals surface area contributed by atoms with E-state index < -0.39 is 23.1 Å². The predicted octanol–water partition coefficient (Wildman–Crippen LogP) is 3.60. The molecular weight excluding hydrogens is 328 g/mol. The number of rotatable bonds is 2. The second-order valence-corrected chi connectivity index (χ2v) is 9.67. The summed E-state index contributed by atoms with van der Waals surface area (Å²) in [5, 5.41) is 22.4. The van der Waals surface area contributed by atoms with Crippen LogP contribution in [0, 0.1) is 28.6 Å². The number of esters is 1. The number of ether oxygens (including phenoxy) is 1. The highest BCUT2D eigenvalue weighted by molar-refractivity contribution is 5.81. The second-order valence-electron chi connectivity index (χ2n) is 9.67. The first-order chi connectivity index (χ1) is 12.3. The zero-order chi connectivity index (χ0) is 18.7. The summed E-state index contributed by atoms with van der Waals surface area (Å²) in [6.45, 7) is 6.54. The third-order valence-electron chi connectivity index (χ3n) is 8.81. The Balaban J connectivity index is 1.71. The molecule has 0 aromatic rings. The van der Waals surface area contributed by atoms with Gasteiger partial charge in [-0.1, -0.05) is 31.9 Å². The Morgan fingerprint density at radius 1 is 1.19 bits per heavy atom. The van der Waals surface area contributed by atoms with E-state index in [1.165, 1.54) is 24.8 Å². The molecule has 4 aliphatic carbocycles. The summed E-state index contributed by atoms with van der Waals surface area (Å²) in [6, 6.07) is 0. The topological polar surface area (TPSA) is 66.8 Å². The van der Waals surface area contributed by atoms with Crippen LogP contribution < -0.4 is 0 Å². The van der Waals surface area contributed by atoms with Gasteiger partial charge in [0.15, 0.2) is 5.60 Å². The van der Waals surface area contributed by atoms with Crippen LogP contribution in [0.1, 0.15) is 72.1 Å². The van der Waals surface area contributed by atoms with Crippen molar-refractivity contribution in [3.05, 3.63) is 11.6 Å². The van der Waals surface area contributed by atoms with E-state index in [1.807, 2.05) is 0 Å². The molecule has 0 aromatic carbocycles. The highest BCUT2D eigenvalue weighted by Crippen LogP contribution is 2.67. The number of carbonyl (C=O) groups excluding carboxylic acids is 1. The van der Waals surface area contributed by atoms with Gasteiger partial charge in [-0.2, -0.15) is 0 Å². The fraction of sp³-hybridized carbons (Fsp3) is 0.864. The molecule has 0 spiro atoms. The zero-order valence-corrected chi connectivity index (χ0v) is 16.5. The smallest absolute Gasteiger partial charge is 0.338 e. The van der Waals surface area contributed by atoms with Gasteiger partial charge in [-0.15, -0.1) is 0 Å². The largest absolute Gasteiger partial charge is 0.464 e. The minimum atomic E-state index is -1.41. The summed E-state index contributed by atoms with van der Waals surface area (Å²) >= 11 is 0. The highest BCUT2D eigenvalue weighted by Gasteiger charge is 2.67. The number of hydrogen-bond donors (Lipinski definition) is 2. The van der Waals surface area contributed by atoms with Gasteiger partial charge < -0.3 is 14.9 Å². The average Bonchev–Trinajstić information content (AvgIpc) is 2.88. The van der Waals surface area contributed by atoms with Crippen molar-refractivity contribution in [1.29, 1.82) is 0 Å². The quantitative estimate of drug-likeness (QED) is 0.582. The molecule has 4 aliphatic rings. The van der Waals surface area contributed by atoms with Gasteiger partial charge in [0.2, 0.25) is 0 Å². The molecule has 0 bridgehead atoms. The Kier molecular flexibility index (Phi) is 4.31. The highest BCUT2D eigenvalue weighted by atomic mass is 16.5. The number of hydrogen-bond acceptors (Lipinski definition) is 4. The Bertz CT molecular complexity index is 628. The third kappa shape index (κ3) is 2.24. The first-order valence-electron chi connectivity index (χ1n) is 10.6. The van der Waals surface area contributed by atoms with Crippen LogP contribution in [-0.2, 0) is 9.53 Å². The molecule has 0 heterocycles. The molecular formula is C22H34O4. The number of aliphatic hydroxyl groups is 2. The summed E-state index contributed by atoms with van der Waals surface area (Å²) < 4.78 is 5.25. The molecule has 7 atom stereocenters. The molecule has 0 saturated heterocycles. The van der Waals surface area contributed by atoms with Gasteiger partial charge in [-0.05, 0) is 75.0 Å². The Morgan fingerprint density at radius 3 is 2.65 bits per heavy atom. The van der Waals surface area contributed by atoms with Crippen molar-refractivity contribution in [1.82, 2.24) is 0 Å². The van der Waals surface area contributed by atoms with Gasteiger partial charge >= 0.3 is 5.97 Å². The summed E-state index contributed by atoms with van der Waals surface area (Å²) in [4.78, 5) is 12.6. The van der Waals surface area contributed by atoms with Crippen LogP contribution in [0.3, 0.4) is 0 Å². The van der Waals surface area contributed by atoms with E-state index in [1.54, 1.807) is 6.92 Å². The number of allylic oxidation sites excluding steroid dienone is 1. The normalized spacial score (nSPS) is 50.3. The lowest BCUT2D eigenvalue weighted by molar-refractivity contribution is -0.189. The first kappa shape index (κ1) is 18.5. The summed E-state index contributed by atoms with van der Waals surface area (Å²) in [7, 11) is 0. The van der Waals surface area contributed by atoms with Gasteiger partial charge in [0.1, 0.15) is 0 Å². The van der Waals surface area contributed by atoms with Crippen LogP contribution in [0.2, 0.25) is 0 Å². The monoisotopic (exact) mass is 362 g/mol. The molecule has 4 nitrogen and oxygen atoms in total. The molecule has 0 aromatic heterocycles. The maximum atomic E-state index is 12.6. The molecule has 4 heteroatoms. The number of aliphatic hydroxyl groups excluding tert-OH is 1. The van der Waals surface area contributed by atoms with E-state index in [-0.39, 0.29) is 17.3 Å². The minimum absolute atomic E-state index is 0.143. The van der Waals surface area contributed by atoms with Crippen LogP contribution >= 0.6 is 0 Å². The molecule has 4 rings (SSSR count). The number of carbonyl (C=O) groups is 1. The molecule has 2 N–H and O–H groups in total. The molecule has 146 valence electrons. The van der Waals surface area contributed by atoms with Gasteiger partial charge in [0, 0.05) is 5.41 Å². The van der Waals surface area contributed by atoms with Crippen molar-refractivity contribution in [2.45, 2.75) is 83.8 Å². The molecule has 0 amide bonds. The van der Waals surface area contributed by atoms with Crippen molar-refractivity contribution >= 4 is 5.97 Å². The maximum Gasteiger partial charge on any atom is 0.338 e. The van der Waals surface area contributed by atoms with Crippen molar-refractivity contribution in [3.63, 3.8) is 0 Å². The fourth-order valence-corrected chi connectivity index (χ4v) is 7.29. The molecule has 0 radical (unpaired) electrons. The Hall–Kier alpha value is -0.870. The first-order valence-corrected chi connectivity index (χ1v) is 10.6. The lowest BCUT2D eigenvalue weighted by Crippen LogP contribution is -2.59. The van der Waals surface area contributed by atoms with Gasteiger partial charge in [0.05, 0.1) is 12.7 Å². The van der Waals surface area contributed by atoms with E-state index in [0.717, 1.165) is 25.7 Å². The molecule has 2 unspecified atom stereocenters. The lowest BCUT2D eigenvalue weighted by atomic mass is 9.46. The van der Waals surface area contributed by atoms with Crippen LogP contribution in [0.4, 0.5) is 0 Å². The van der Waals surface area contributed by atoms with Crippen LogP contribution in [0.25, 0.3) is 0 Å². The standard InChI is InChI=1S/C22H34O4/c1-4-26-19(24)22(25)12-9-16-18-15(8-11-21(16,22)3)20(2)10-6-5-7-14(20)13-17(18)23/h13,15-18,23,25H,4-12H2,1-3H3/t15-,16+,17?,18-,20+,21+,22?/m1/s1. The predicted molar refractivity (Wildman–Crippen MR) is 99.3 cm³/mol. The van der Waals surface area contributed by atoms with E-state index >= 15 is 0 Å². The SMILES string of the molecule is CCOC(=O)C1(O)CC[C@H]2[C@@H]3C(O)C=C4CCCC[C@]4(C)[C@@H]3CC[C@@]21C. The molecule has 0 aliphatic heterocycles. The fourth-order valence-electron chi connectivity index (χ4n) is 7.29. The van der Waals surface area contributed by atoms with Crippen molar-refractivity contribution in [3.8, 4) is 0 Å². The average molecular weight is 363 g/mol. The van der Waals surface area contributed by atoms with Gasteiger partial charge in [0.25, 0.3) is 0 Å². The Morgan fingerprint density at radius 2 is 1.92 bits per heavy atom. The summed E-state index contributed by atoms with van der Waals surface area (Å²) in [5.41, 5.74) is -0.262. The van der Waals surface area contributed by atoms with Gasteiger partial charge in [-0.25, -0.2) is 4.79 Å². The lowest BCUT2D eigenvalue weighted by Gasteiger charge is -2.59. The second kappa shape index (κ2) is 6.07.